The van der Waals surface area contributed by atoms with Crippen LogP contribution in [0.3, 0.4) is 0 Å². The van der Waals surface area contributed by atoms with E-state index in [-0.39, 0.29) is 17.2 Å². The molecule has 0 aliphatic carbocycles. The summed E-state index contributed by atoms with van der Waals surface area (Å²) in [5.41, 5.74) is 4.46. The van der Waals surface area contributed by atoms with Crippen molar-refractivity contribution < 1.29 is 4.79 Å². The summed E-state index contributed by atoms with van der Waals surface area (Å²) in [6.07, 6.45) is 0. The molecule has 4 rings (SSSR count). The number of benzene rings is 2. The predicted molar refractivity (Wildman–Crippen MR) is 114 cm³/mol. The molecule has 0 bridgehead atoms. The molecule has 0 radical (unpaired) electrons. The summed E-state index contributed by atoms with van der Waals surface area (Å²) in [5.74, 6) is 4.90. The lowest BCUT2D eigenvalue weighted by molar-refractivity contribution is -0.118. The highest BCUT2D eigenvalue weighted by molar-refractivity contribution is 7.99. The summed E-state index contributed by atoms with van der Waals surface area (Å²) in [4.78, 5) is 30.4. The van der Waals surface area contributed by atoms with Crippen molar-refractivity contribution in [2.24, 2.45) is 5.84 Å². The fourth-order valence-corrected chi connectivity index (χ4v) is 4.69. The molecule has 0 fully saturated rings. The van der Waals surface area contributed by atoms with Crippen LogP contribution in [0.25, 0.3) is 27.0 Å². The summed E-state index contributed by atoms with van der Waals surface area (Å²) in [6.45, 7) is 0. The molecule has 8 heteroatoms. The van der Waals surface area contributed by atoms with Gasteiger partial charge >= 0.3 is 0 Å². The van der Waals surface area contributed by atoms with Crippen LogP contribution in [0.2, 0.25) is 0 Å². The molecule has 2 aromatic carbocycles. The smallest absolute Gasteiger partial charge is 0.268 e. The van der Waals surface area contributed by atoms with Crippen molar-refractivity contribution in [3.63, 3.8) is 0 Å². The number of thiophene rings is 1. The highest BCUT2D eigenvalue weighted by Crippen LogP contribution is 2.32. The quantitative estimate of drug-likeness (QED) is 0.174. The van der Waals surface area contributed by atoms with Crippen molar-refractivity contribution in [2.45, 2.75) is 5.16 Å². The SMILES string of the molecule is NNC(=O)CSc1nc2scc(-c3ccccc3)c2c(=O)n1-c1ccccc1. The van der Waals surface area contributed by atoms with Crippen LogP contribution in [0.5, 0.6) is 0 Å². The number of hydrogen-bond acceptors (Lipinski definition) is 6. The van der Waals surface area contributed by atoms with Crippen LogP contribution in [-0.4, -0.2) is 21.2 Å². The molecular weight excluding hydrogens is 392 g/mol. The van der Waals surface area contributed by atoms with E-state index >= 15 is 0 Å². The second-order valence-corrected chi connectivity index (χ2v) is 7.72. The van der Waals surface area contributed by atoms with Gasteiger partial charge in [-0.05, 0) is 17.7 Å². The number of nitrogens with zero attached hydrogens (tertiary/aromatic N) is 2. The molecule has 6 nitrogen and oxygen atoms in total. The second kappa shape index (κ2) is 7.97. The van der Waals surface area contributed by atoms with Gasteiger partial charge in [0.1, 0.15) is 4.83 Å². The van der Waals surface area contributed by atoms with Crippen molar-refractivity contribution in [3.8, 4) is 16.8 Å². The minimum Gasteiger partial charge on any atom is -0.294 e. The topological polar surface area (TPSA) is 90.0 Å². The van der Waals surface area contributed by atoms with Crippen LogP contribution in [0.1, 0.15) is 0 Å². The van der Waals surface area contributed by atoms with Crippen LogP contribution in [0, 0.1) is 0 Å². The normalized spacial score (nSPS) is 10.9. The first-order valence-corrected chi connectivity index (χ1v) is 10.3. The van der Waals surface area contributed by atoms with Gasteiger partial charge in [0.25, 0.3) is 5.56 Å². The maximum Gasteiger partial charge on any atom is 0.268 e. The Hall–Kier alpha value is -2.94. The van der Waals surface area contributed by atoms with Crippen LogP contribution >= 0.6 is 23.1 Å². The Bertz CT molecular complexity index is 1190. The number of fused-ring (bicyclic) bond motifs is 1. The highest BCUT2D eigenvalue weighted by atomic mass is 32.2. The van der Waals surface area contributed by atoms with Gasteiger partial charge in [-0.2, -0.15) is 0 Å². The van der Waals surface area contributed by atoms with Gasteiger partial charge in [-0.1, -0.05) is 60.3 Å². The van der Waals surface area contributed by atoms with Crippen LogP contribution < -0.4 is 16.8 Å². The van der Waals surface area contributed by atoms with Crippen molar-refractivity contribution in [1.82, 2.24) is 15.0 Å². The van der Waals surface area contributed by atoms with E-state index in [0.717, 1.165) is 11.1 Å². The molecule has 0 aliphatic heterocycles. The van der Waals surface area contributed by atoms with E-state index < -0.39 is 0 Å². The average Bonchev–Trinajstić information content (AvgIpc) is 3.17. The summed E-state index contributed by atoms with van der Waals surface area (Å²) in [7, 11) is 0. The summed E-state index contributed by atoms with van der Waals surface area (Å²) in [5, 5.41) is 2.98. The molecule has 0 unspecified atom stereocenters. The van der Waals surface area contributed by atoms with E-state index in [1.807, 2.05) is 66.0 Å². The van der Waals surface area contributed by atoms with Gasteiger partial charge in [0.05, 0.1) is 16.8 Å². The lowest BCUT2D eigenvalue weighted by Gasteiger charge is -2.12. The van der Waals surface area contributed by atoms with E-state index in [1.165, 1.54) is 23.1 Å². The van der Waals surface area contributed by atoms with E-state index in [4.69, 9.17) is 5.84 Å². The molecule has 28 heavy (non-hydrogen) atoms. The van der Waals surface area contributed by atoms with Crippen LogP contribution in [-0.2, 0) is 4.79 Å². The molecule has 2 heterocycles. The van der Waals surface area contributed by atoms with Gasteiger partial charge < -0.3 is 0 Å². The van der Waals surface area contributed by atoms with Crippen molar-refractivity contribution in [3.05, 3.63) is 76.4 Å². The number of hydrazine groups is 1. The van der Waals surface area contributed by atoms with Gasteiger partial charge in [0, 0.05) is 10.9 Å². The number of aromatic nitrogens is 2. The van der Waals surface area contributed by atoms with Gasteiger partial charge in [-0.25, -0.2) is 10.8 Å². The van der Waals surface area contributed by atoms with Gasteiger partial charge in [0.15, 0.2) is 5.16 Å². The number of nitrogens with two attached hydrogens (primary N) is 1. The third-order valence-electron chi connectivity index (χ3n) is 4.17. The van der Waals surface area contributed by atoms with Crippen LogP contribution in [0.15, 0.2) is 76.0 Å². The molecule has 140 valence electrons. The molecule has 4 aromatic rings. The number of rotatable bonds is 5. The average molecular weight is 409 g/mol. The third kappa shape index (κ3) is 3.45. The number of hydrogen-bond donors (Lipinski definition) is 2. The van der Waals surface area contributed by atoms with Crippen molar-refractivity contribution >= 4 is 39.2 Å². The fourth-order valence-electron chi connectivity index (χ4n) is 2.88. The summed E-state index contributed by atoms with van der Waals surface area (Å²) >= 11 is 2.59. The van der Waals surface area contributed by atoms with E-state index in [2.05, 4.69) is 10.4 Å². The standard InChI is InChI=1S/C20H16N4O2S2/c21-23-16(25)12-28-20-22-18-17(15(11-27-18)13-7-3-1-4-8-13)19(26)24(20)14-9-5-2-6-10-14/h1-11H,12,21H2,(H,23,25). The number of amides is 1. The third-order valence-corrected chi connectivity index (χ3v) is 5.98. The second-order valence-electron chi connectivity index (χ2n) is 5.92. The lowest BCUT2D eigenvalue weighted by atomic mass is 10.1. The van der Waals surface area contributed by atoms with E-state index in [0.29, 0.717) is 21.1 Å². The van der Waals surface area contributed by atoms with Crippen LogP contribution in [0.4, 0.5) is 0 Å². The number of carbonyl (C=O) groups excluding carboxylic acids is 1. The highest BCUT2D eigenvalue weighted by Gasteiger charge is 2.19. The Morgan fingerprint density at radius 3 is 2.46 bits per heavy atom. The molecule has 0 aliphatic rings. The maximum atomic E-state index is 13.5. The fraction of sp³-hybridized carbons (Fsp3) is 0.0500. The molecule has 0 spiro atoms. The molecule has 0 atom stereocenters. The summed E-state index contributed by atoms with van der Waals surface area (Å²) in [6, 6.07) is 19.1. The Balaban J connectivity index is 1.94. The molecule has 1 amide bonds. The number of nitrogens with one attached hydrogen (secondary N) is 1. The molecule has 2 aromatic heterocycles. The zero-order valence-corrected chi connectivity index (χ0v) is 16.3. The van der Waals surface area contributed by atoms with Gasteiger partial charge in [-0.3, -0.25) is 19.6 Å². The Labute approximate surface area is 169 Å². The van der Waals surface area contributed by atoms with Crippen molar-refractivity contribution in [2.75, 3.05) is 5.75 Å². The first-order chi connectivity index (χ1) is 13.7. The van der Waals surface area contributed by atoms with E-state index in [1.54, 1.807) is 4.57 Å². The Morgan fingerprint density at radius 1 is 1.11 bits per heavy atom. The minimum atomic E-state index is -0.338. The Morgan fingerprint density at radius 2 is 1.79 bits per heavy atom. The largest absolute Gasteiger partial charge is 0.294 e. The number of carbonyl (C=O) groups is 1. The zero-order chi connectivity index (χ0) is 19.5. The molecule has 0 saturated heterocycles. The molecule has 3 N–H and O–H groups in total. The number of thioether (sulfide) groups is 1. The van der Waals surface area contributed by atoms with E-state index in [9.17, 15) is 9.59 Å². The molecule has 0 saturated carbocycles. The lowest BCUT2D eigenvalue weighted by Crippen LogP contribution is -2.32. The first kappa shape index (κ1) is 18.4. The summed E-state index contributed by atoms with van der Waals surface area (Å²) < 4.78 is 1.55. The zero-order valence-electron chi connectivity index (χ0n) is 14.7. The Kier molecular flexibility index (Phi) is 5.25. The van der Waals surface area contributed by atoms with Gasteiger partial charge in [-0.15, -0.1) is 11.3 Å². The molecular formula is C20H16N4O2S2. The minimum absolute atomic E-state index is 0.0677. The predicted octanol–water partition coefficient (Wildman–Crippen LogP) is 3.20. The first-order valence-electron chi connectivity index (χ1n) is 8.46. The maximum absolute atomic E-state index is 13.5. The number of para-hydroxylation sites is 1. The monoisotopic (exact) mass is 408 g/mol. The van der Waals surface area contributed by atoms with Gasteiger partial charge in [0.2, 0.25) is 5.91 Å². The van der Waals surface area contributed by atoms with Crippen molar-refractivity contribution in [1.29, 1.82) is 0 Å².